The van der Waals surface area contributed by atoms with Crippen molar-refractivity contribution in [3.8, 4) is 0 Å². The third kappa shape index (κ3) is 3.13. The van der Waals surface area contributed by atoms with E-state index in [4.69, 9.17) is 0 Å². The Kier molecular flexibility index (Phi) is 5.07. The van der Waals surface area contributed by atoms with E-state index in [-0.39, 0.29) is 6.04 Å². The molecule has 0 heterocycles. The first-order chi connectivity index (χ1) is 10.1. The molecule has 0 aliphatic rings. The average molecular weight is 289 g/mol. The summed E-state index contributed by atoms with van der Waals surface area (Å²) in [7, 11) is 1.77. The summed E-state index contributed by atoms with van der Waals surface area (Å²) in [5.74, 6) is -1.58. The van der Waals surface area contributed by atoms with Gasteiger partial charge in [-0.25, -0.2) is 8.78 Å². The zero-order chi connectivity index (χ0) is 15.4. The van der Waals surface area contributed by atoms with Crippen molar-refractivity contribution in [2.24, 2.45) is 0 Å². The van der Waals surface area contributed by atoms with Crippen LogP contribution in [0.25, 0.3) is 0 Å². The monoisotopic (exact) mass is 289 g/mol. The van der Waals surface area contributed by atoms with Crippen LogP contribution in [0.2, 0.25) is 0 Å². The van der Waals surface area contributed by atoms with E-state index in [2.05, 4.69) is 37.4 Å². The second-order valence-corrected chi connectivity index (χ2v) is 5.11. The summed E-state index contributed by atoms with van der Waals surface area (Å²) in [6, 6.07) is 10.2. The van der Waals surface area contributed by atoms with Crippen molar-refractivity contribution in [1.29, 1.82) is 0 Å². The van der Waals surface area contributed by atoms with Crippen molar-refractivity contribution in [3.05, 3.63) is 70.3 Å². The maximum absolute atomic E-state index is 14.1. The van der Waals surface area contributed by atoms with Crippen molar-refractivity contribution in [3.63, 3.8) is 0 Å². The minimum atomic E-state index is -0.808. The van der Waals surface area contributed by atoms with Crippen LogP contribution in [0.1, 0.15) is 42.1 Å². The first kappa shape index (κ1) is 15.6. The van der Waals surface area contributed by atoms with Gasteiger partial charge in [-0.15, -0.1) is 0 Å². The van der Waals surface area contributed by atoms with Gasteiger partial charge in [-0.1, -0.05) is 44.2 Å². The van der Waals surface area contributed by atoms with E-state index in [9.17, 15) is 8.78 Å². The van der Waals surface area contributed by atoms with E-state index in [0.29, 0.717) is 5.56 Å². The molecule has 3 heteroatoms. The molecule has 0 aliphatic carbocycles. The Morgan fingerprint density at radius 2 is 1.76 bits per heavy atom. The molecule has 1 nitrogen and oxygen atoms in total. The molecule has 0 amide bonds. The Bertz CT molecular complexity index is 623. The first-order valence-electron chi connectivity index (χ1n) is 7.35. The molecule has 112 valence electrons. The number of hydrogen-bond donors (Lipinski definition) is 1. The Hall–Kier alpha value is -1.74. The molecule has 1 unspecified atom stereocenters. The van der Waals surface area contributed by atoms with Gasteiger partial charge >= 0.3 is 0 Å². The van der Waals surface area contributed by atoms with E-state index in [1.165, 1.54) is 5.56 Å². The van der Waals surface area contributed by atoms with Gasteiger partial charge in [0.1, 0.15) is 0 Å². The Balaban J connectivity index is 2.57. The number of halogens is 2. The van der Waals surface area contributed by atoms with Crippen LogP contribution in [0.15, 0.2) is 36.4 Å². The smallest absolute Gasteiger partial charge is 0.163 e. The molecule has 0 saturated carbocycles. The van der Waals surface area contributed by atoms with E-state index in [0.717, 1.165) is 30.0 Å². The van der Waals surface area contributed by atoms with Crippen molar-refractivity contribution in [1.82, 2.24) is 5.32 Å². The van der Waals surface area contributed by atoms with Gasteiger partial charge in [0.2, 0.25) is 0 Å². The minimum Gasteiger partial charge on any atom is -0.309 e. The molecule has 0 bridgehead atoms. The van der Waals surface area contributed by atoms with Gasteiger partial charge in [-0.2, -0.15) is 0 Å². The third-order valence-corrected chi connectivity index (χ3v) is 3.89. The van der Waals surface area contributed by atoms with E-state index in [1.54, 1.807) is 19.2 Å². The predicted octanol–water partition coefficient (Wildman–Crippen LogP) is 4.40. The molecule has 0 saturated heterocycles. The number of aryl methyl sites for hydroxylation is 2. The van der Waals surface area contributed by atoms with Gasteiger partial charge in [-0.05, 0) is 42.6 Å². The summed E-state index contributed by atoms with van der Waals surface area (Å²) in [6.07, 6.45) is 1.77. The number of benzene rings is 2. The zero-order valence-electron chi connectivity index (χ0n) is 12.7. The van der Waals surface area contributed by atoms with Crippen LogP contribution in [0.4, 0.5) is 8.78 Å². The normalized spacial score (nSPS) is 12.4. The van der Waals surface area contributed by atoms with Crippen LogP contribution in [-0.4, -0.2) is 7.05 Å². The van der Waals surface area contributed by atoms with Crippen molar-refractivity contribution in [2.45, 2.75) is 32.7 Å². The lowest BCUT2D eigenvalue weighted by atomic mass is 9.91. The van der Waals surface area contributed by atoms with Crippen LogP contribution in [0, 0.1) is 11.6 Å². The number of nitrogens with one attached hydrogen (secondary N) is 1. The molecule has 0 aromatic heterocycles. The lowest BCUT2D eigenvalue weighted by molar-refractivity contribution is 0.487. The summed E-state index contributed by atoms with van der Waals surface area (Å²) in [5, 5.41) is 3.12. The molecule has 21 heavy (non-hydrogen) atoms. The molecule has 2 aromatic carbocycles. The maximum atomic E-state index is 14.1. The molecular formula is C18H21F2N. The maximum Gasteiger partial charge on any atom is 0.163 e. The lowest BCUT2D eigenvalue weighted by Crippen LogP contribution is -2.21. The van der Waals surface area contributed by atoms with Crippen molar-refractivity contribution < 1.29 is 8.78 Å². The summed E-state index contributed by atoms with van der Waals surface area (Å²) in [4.78, 5) is 0. The molecule has 1 atom stereocenters. The largest absolute Gasteiger partial charge is 0.309 e. The fourth-order valence-corrected chi connectivity index (χ4v) is 2.68. The Labute approximate surface area is 125 Å². The van der Waals surface area contributed by atoms with Gasteiger partial charge in [-0.3, -0.25) is 0 Å². The number of rotatable bonds is 5. The fraction of sp³-hybridized carbons (Fsp3) is 0.333. The van der Waals surface area contributed by atoms with Gasteiger partial charge in [0.15, 0.2) is 11.6 Å². The van der Waals surface area contributed by atoms with Crippen LogP contribution in [-0.2, 0) is 12.8 Å². The molecular weight excluding hydrogens is 268 g/mol. The van der Waals surface area contributed by atoms with Crippen LogP contribution in [0.5, 0.6) is 0 Å². The second-order valence-electron chi connectivity index (χ2n) is 5.11. The van der Waals surface area contributed by atoms with Crippen LogP contribution in [0.3, 0.4) is 0 Å². The highest BCUT2D eigenvalue weighted by molar-refractivity contribution is 5.40. The van der Waals surface area contributed by atoms with Gasteiger partial charge in [0.05, 0.1) is 6.04 Å². The Morgan fingerprint density at radius 3 is 2.38 bits per heavy atom. The third-order valence-electron chi connectivity index (χ3n) is 3.89. The van der Waals surface area contributed by atoms with Crippen molar-refractivity contribution >= 4 is 0 Å². The van der Waals surface area contributed by atoms with Gasteiger partial charge in [0, 0.05) is 5.56 Å². The second kappa shape index (κ2) is 6.81. The summed E-state index contributed by atoms with van der Waals surface area (Å²) in [5.41, 5.74) is 3.71. The van der Waals surface area contributed by atoms with E-state index < -0.39 is 11.6 Å². The molecule has 2 aromatic rings. The van der Waals surface area contributed by atoms with Gasteiger partial charge < -0.3 is 5.32 Å². The van der Waals surface area contributed by atoms with E-state index in [1.807, 2.05) is 0 Å². The Morgan fingerprint density at radius 1 is 1.00 bits per heavy atom. The van der Waals surface area contributed by atoms with Gasteiger partial charge in [0.25, 0.3) is 0 Å². The predicted molar refractivity (Wildman–Crippen MR) is 82.5 cm³/mol. The molecule has 2 rings (SSSR count). The summed E-state index contributed by atoms with van der Waals surface area (Å²) in [6.45, 7) is 4.15. The molecule has 0 radical (unpaired) electrons. The van der Waals surface area contributed by atoms with Crippen LogP contribution >= 0.6 is 0 Å². The lowest BCUT2D eigenvalue weighted by Gasteiger charge is -2.22. The molecule has 0 fully saturated rings. The van der Waals surface area contributed by atoms with E-state index >= 15 is 0 Å². The minimum absolute atomic E-state index is 0.345. The number of hydrogen-bond acceptors (Lipinski definition) is 1. The zero-order valence-corrected chi connectivity index (χ0v) is 12.7. The van der Waals surface area contributed by atoms with Crippen molar-refractivity contribution in [2.75, 3.05) is 7.05 Å². The first-order valence-corrected chi connectivity index (χ1v) is 7.35. The van der Waals surface area contributed by atoms with Crippen LogP contribution < -0.4 is 5.32 Å². The molecule has 1 N–H and O–H groups in total. The molecule has 0 spiro atoms. The SMILES string of the molecule is CCc1ccc(CC)c(C(NC)c2cccc(F)c2F)c1. The highest BCUT2D eigenvalue weighted by Crippen LogP contribution is 2.29. The average Bonchev–Trinajstić information content (AvgIpc) is 2.52. The quantitative estimate of drug-likeness (QED) is 0.860. The molecule has 0 aliphatic heterocycles. The highest BCUT2D eigenvalue weighted by Gasteiger charge is 2.20. The summed E-state index contributed by atoms with van der Waals surface area (Å²) >= 11 is 0. The summed E-state index contributed by atoms with van der Waals surface area (Å²) < 4.78 is 27.6. The fourth-order valence-electron chi connectivity index (χ4n) is 2.68. The topological polar surface area (TPSA) is 12.0 Å². The highest BCUT2D eigenvalue weighted by atomic mass is 19.2. The standard InChI is InChI=1S/C18H21F2N/c1-4-12-9-10-13(5-2)15(11-12)18(21-3)14-7-6-8-16(19)17(14)20/h6-11,18,21H,4-5H2,1-3H3.